The highest BCUT2D eigenvalue weighted by atomic mass is 32.2. The van der Waals surface area contributed by atoms with Crippen LogP contribution in [0.2, 0.25) is 0 Å². The monoisotopic (exact) mass is 438 g/mol. The first-order chi connectivity index (χ1) is 15.0. The molecule has 0 fully saturated rings. The zero-order chi connectivity index (χ0) is 22.1. The lowest BCUT2D eigenvalue weighted by Crippen LogP contribution is -2.14. The van der Waals surface area contributed by atoms with E-state index in [0.717, 1.165) is 12.8 Å². The fraction of sp³-hybridized carbons (Fsp3) is 0.208. The molecule has 0 aliphatic heterocycles. The number of hydrogen-bond donors (Lipinski definition) is 2. The molecule has 6 nitrogen and oxygen atoms in total. The summed E-state index contributed by atoms with van der Waals surface area (Å²) in [6.45, 7) is 2.43. The van der Waals surface area contributed by atoms with E-state index in [9.17, 15) is 13.2 Å². The molecule has 31 heavy (non-hydrogen) atoms. The summed E-state index contributed by atoms with van der Waals surface area (Å²) in [7, 11) is -3.73. The second-order valence-electron chi connectivity index (χ2n) is 6.97. The molecule has 162 valence electrons. The summed E-state index contributed by atoms with van der Waals surface area (Å²) in [4.78, 5) is 12.3. The van der Waals surface area contributed by atoms with Gasteiger partial charge < -0.3 is 10.1 Å². The molecular formula is C24H26N2O4S. The number of sulfonamides is 1. The summed E-state index contributed by atoms with van der Waals surface area (Å²) in [5, 5.41) is 2.81. The largest absolute Gasteiger partial charge is 0.494 e. The van der Waals surface area contributed by atoms with Gasteiger partial charge in [0.05, 0.1) is 11.5 Å². The molecule has 2 N–H and O–H groups in total. The molecule has 3 rings (SSSR count). The van der Waals surface area contributed by atoms with Gasteiger partial charge in [0.1, 0.15) is 5.75 Å². The molecule has 0 saturated heterocycles. The Morgan fingerprint density at radius 1 is 0.871 bits per heavy atom. The third-order valence-corrected chi connectivity index (χ3v) is 5.98. The van der Waals surface area contributed by atoms with Gasteiger partial charge in [-0.25, -0.2) is 8.42 Å². The van der Waals surface area contributed by atoms with E-state index in [1.807, 2.05) is 37.3 Å². The molecule has 1 amide bonds. The van der Waals surface area contributed by atoms with Gasteiger partial charge in [0, 0.05) is 17.8 Å². The van der Waals surface area contributed by atoms with Crippen LogP contribution in [-0.4, -0.2) is 20.9 Å². The maximum absolute atomic E-state index is 12.6. The number of rotatable bonds is 10. The van der Waals surface area contributed by atoms with E-state index in [0.29, 0.717) is 30.2 Å². The van der Waals surface area contributed by atoms with Crippen molar-refractivity contribution in [1.29, 1.82) is 0 Å². The Balaban J connectivity index is 1.52. The van der Waals surface area contributed by atoms with Crippen molar-refractivity contribution in [2.24, 2.45) is 0 Å². The van der Waals surface area contributed by atoms with Crippen LogP contribution in [0.15, 0.2) is 83.8 Å². The molecular weight excluding hydrogens is 412 g/mol. The normalized spacial score (nSPS) is 11.0. The van der Waals surface area contributed by atoms with E-state index in [4.69, 9.17) is 4.74 Å². The van der Waals surface area contributed by atoms with Gasteiger partial charge in [0.15, 0.2) is 0 Å². The molecule has 0 bridgehead atoms. The van der Waals surface area contributed by atoms with Crippen molar-refractivity contribution >= 4 is 27.3 Å². The minimum absolute atomic E-state index is 0.0981. The number of aryl methyl sites for hydroxylation is 1. The van der Waals surface area contributed by atoms with Crippen molar-refractivity contribution in [3.63, 3.8) is 0 Å². The minimum atomic E-state index is -3.73. The van der Waals surface area contributed by atoms with Crippen molar-refractivity contribution in [2.45, 2.75) is 31.1 Å². The fourth-order valence-corrected chi connectivity index (χ4v) is 4.10. The minimum Gasteiger partial charge on any atom is -0.494 e. The first-order valence-corrected chi connectivity index (χ1v) is 11.6. The first kappa shape index (κ1) is 22.4. The summed E-state index contributed by atoms with van der Waals surface area (Å²) in [5.41, 5.74) is 2.20. The van der Waals surface area contributed by atoms with Crippen LogP contribution in [0.25, 0.3) is 0 Å². The van der Waals surface area contributed by atoms with Gasteiger partial charge in [-0.3, -0.25) is 9.52 Å². The van der Waals surface area contributed by atoms with Gasteiger partial charge in [0.2, 0.25) is 5.91 Å². The van der Waals surface area contributed by atoms with E-state index in [2.05, 4.69) is 10.0 Å². The van der Waals surface area contributed by atoms with Gasteiger partial charge in [-0.05, 0) is 73.9 Å². The van der Waals surface area contributed by atoms with Crippen LogP contribution in [-0.2, 0) is 21.2 Å². The first-order valence-electron chi connectivity index (χ1n) is 10.2. The Morgan fingerprint density at radius 3 is 2.16 bits per heavy atom. The van der Waals surface area contributed by atoms with Crippen LogP contribution in [0.1, 0.15) is 25.3 Å². The number of hydrogen-bond acceptors (Lipinski definition) is 4. The van der Waals surface area contributed by atoms with Crippen LogP contribution in [0.5, 0.6) is 5.75 Å². The lowest BCUT2D eigenvalue weighted by atomic mass is 10.1. The summed E-state index contributed by atoms with van der Waals surface area (Å²) in [5.74, 6) is 0.577. The Kier molecular flexibility index (Phi) is 7.67. The molecule has 3 aromatic rings. The third-order valence-electron chi connectivity index (χ3n) is 4.58. The highest BCUT2D eigenvalue weighted by molar-refractivity contribution is 7.92. The zero-order valence-electron chi connectivity index (χ0n) is 17.4. The van der Waals surface area contributed by atoms with Crippen molar-refractivity contribution in [2.75, 3.05) is 16.6 Å². The molecule has 0 atom stereocenters. The van der Waals surface area contributed by atoms with E-state index >= 15 is 0 Å². The second-order valence-corrected chi connectivity index (χ2v) is 8.66. The molecule has 0 spiro atoms. The predicted octanol–water partition coefficient (Wildman–Crippen LogP) is 4.85. The van der Waals surface area contributed by atoms with E-state index in [-0.39, 0.29) is 10.8 Å². The maximum Gasteiger partial charge on any atom is 0.261 e. The molecule has 0 unspecified atom stereocenters. The van der Waals surface area contributed by atoms with Crippen molar-refractivity contribution in [3.8, 4) is 5.75 Å². The number of carbonyl (C=O) groups excluding carboxylic acids is 1. The topological polar surface area (TPSA) is 84.5 Å². The molecule has 3 aromatic carbocycles. The second kappa shape index (κ2) is 10.6. The Bertz CT molecular complexity index is 1080. The van der Waals surface area contributed by atoms with Gasteiger partial charge >= 0.3 is 0 Å². The standard InChI is InChI=1S/C24H26N2O4S/c1-2-30-22-15-11-21(12-16-22)26-31(28,29)23-17-13-20(14-18-23)25-24(27)10-6-9-19-7-4-3-5-8-19/h3-5,7-8,11-18,26H,2,6,9-10H2,1H3,(H,25,27). The van der Waals surface area contributed by atoms with Gasteiger partial charge in [-0.1, -0.05) is 30.3 Å². The number of anilines is 2. The van der Waals surface area contributed by atoms with Crippen LogP contribution >= 0.6 is 0 Å². The summed E-state index contributed by atoms with van der Waals surface area (Å²) >= 11 is 0. The SMILES string of the molecule is CCOc1ccc(NS(=O)(=O)c2ccc(NC(=O)CCCc3ccccc3)cc2)cc1. The third kappa shape index (κ3) is 6.86. The Labute approximate surface area is 183 Å². The molecule has 0 radical (unpaired) electrons. The quantitative estimate of drug-likeness (QED) is 0.474. The van der Waals surface area contributed by atoms with Gasteiger partial charge in [-0.15, -0.1) is 0 Å². The van der Waals surface area contributed by atoms with Crippen LogP contribution in [0.4, 0.5) is 11.4 Å². The fourth-order valence-electron chi connectivity index (χ4n) is 3.04. The average Bonchev–Trinajstić information content (AvgIpc) is 2.76. The summed E-state index contributed by atoms with van der Waals surface area (Å²) in [6.07, 6.45) is 1.98. The lowest BCUT2D eigenvalue weighted by Gasteiger charge is -2.10. The molecule has 0 saturated carbocycles. The highest BCUT2D eigenvalue weighted by Gasteiger charge is 2.14. The number of carbonyl (C=O) groups is 1. The Hall–Kier alpha value is -3.32. The van der Waals surface area contributed by atoms with Crippen molar-refractivity contribution in [1.82, 2.24) is 0 Å². The number of nitrogens with one attached hydrogen (secondary N) is 2. The summed E-state index contributed by atoms with van der Waals surface area (Å²) < 4.78 is 33.1. The van der Waals surface area contributed by atoms with Crippen molar-refractivity contribution < 1.29 is 17.9 Å². The highest BCUT2D eigenvalue weighted by Crippen LogP contribution is 2.21. The molecule has 0 aliphatic rings. The molecule has 0 heterocycles. The number of ether oxygens (including phenoxy) is 1. The molecule has 0 aliphatic carbocycles. The maximum atomic E-state index is 12.6. The van der Waals surface area contributed by atoms with Gasteiger partial charge in [0.25, 0.3) is 10.0 Å². The Morgan fingerprint density at radius 2 is 1.52 bits per heavy atom. The van der Waals surface area contributed by atoms with E-state index in [1.165, 1.54) is 17.7 Å². The average molecular weight is 439 g/mol. The van der Waals surface area contributed by atoms with E-state index < -0.39 is 10.0 Å². The van der Waals surface area contributed by atoms with E-state index in [1.54, 1.807) is 36.4 Å². The van der Waals surface area contributed by atoms with Crippen molar-refractivity contribution in [3.05, 3.63) is 84.4 Å². The molecule has 7 heteroatoms. The lowest BCUT2D eigenvalue weighted by molar-refractivity contribution is -0.116. The predicted molar refractivity (Wildman–Crippen MR) is 123 cm³/mol. The van der Waals surface area contributed by atoms with Crippen LogP contribution in [0, 0.1) is 0 Å². The number of amides is 1. The zero-order valence-corrected chi connectivity index (χ0v) is 18.2. The summed E-state index contributed by atoms with van der Waals surface area (Å²) in [6, 6.07) is 22.8. The number of benzene rings is 3. The van der Waals surface area contributed by atoms with Crippen LogP contribution in [0.3, 0.4) is 0 Å². The smallest absolute Gasteiger partial charge is 0.261 e. The molecule has 0 aromatic heterocycles. The van der Waals surface area contributed by atoms with Gasteiger partial charge in [-0.2, -0.15) is 0 Å². The van der Waals surface area contributed by atoms with Crippen LogP contribution < -0.4 is 14.8 Å².